The number of fused-ring (bicyclic) bond motifs is 1. The number of aromatic nitrogens is 2. The van der Waals surface area contributed by atoms with E-state index >= 15 is 0 Å². The maximum absolute atomic E-state index is 13.3. The minimum atomic E-state index is -0.585. The van der Waals surface area contributed by atoms with Crippen LogP contribution in [-0.2, 0) is 10.5 Å². The Morgan fingerprint density at radius 2 is 1.89 bits per heavy atom. The molecule has 0 saturated carbocycles. The summed E-state index contributed by atoms with van der Waals surface area (Å²) in [6.45, 7) is 3.40. The van der Waals surface area contributed by atoms with E-state index in [1.54, 1.807) is 23.0 Å². The summed E-state index contributed by atoms with van der Waals surface area (Å²) in [6.07, 6.45) is 1.26. The molecule has 8 heteroatoms. The zero-order valence-electron chi connectivity index (χ0n) is 19.6. The van der Waals surface area contributed by atoms with Crippen molar-refractivity contribution in [1.29, 1.82) is 0 Å². The van der Waals surface area contributed by atoms with Crippen molar-refractivity contribution in [2.45, 2.75) is 31.7 Å². The molecule has 2 N–H and O–H groups in total. The molecule has 0 radical (unpaired) electrons. The molecule has 4 aromatic rings. The number of carbonyl (C=O) groups excluding carboxylic acids is 1. The van der Waals surface area contributed by atoms with E-state index in [0.29, 0.717) is 5.75 Å². The van der Waals surface area contributed by atoms with Gasteiger partial charge in [-0.25, -0.2) is 9.07 Å². The summed E-state index contributed by atoms with van der Waals surface area (Å²) in [5.74, 6) is 1.85. The summed E-state index contributed by atoms with van der Waals surface area (Å²) in [5, 5.41) is 17.3. The number of nitrogens with one attached hydrogen (secondary N) is 1. The van der Waals surface area contributed by atoms with Gasteiger partial charge in [0.25, 0.3) is 0 Å². The maximum Gasteiger partial charge on any atom is 0.246 e. The first kappa shape index (κ1) is 24.8. The van der Waals surface area contributed by atoms with Gasteiger partial charge in [-0.2, -0.15) is 16.9 Å². The van der Waals surface area contributed by atoms with Crippen LogP contribution in [0.15, 0.2) is 72.9 Å². The third-order valence-electron chi connectivity index (χ3n) is 5.64. The Morgan fingerprint density at radius 1 is 1.14 bits per heavy atom. The molecule has 1 amide bonds. The lowest BCUT2D eigenvalue weighted by molar-refractivity contribution is -0.125. The average molecular weight is 494 g/mol. The Kier molecular flexibility index (Phi) is 8.05. The number of carbonyl (C=O) groups is 1. The number of aliphatic hydroxyl groups excluding tert-OH is 1. The van der Waals surface area contributed by atoms with Gasteiger partial charge in [0.05, 0.1) is 23.4 Å². The first-order valence-corrected chi connectivity index (χ1v) is 12.6. The second kappa shape index (κ2) is 11.4. The van der Waals surface area contributed by atoms with Crippen LogP contribution in [-0.4, -0.2) is 39.2 Å². The molecule has 2 atom stereocenters. The number of benzene rings is 3. The molecule has 0 aliphatic rings. The number of aliphatic hydroxyl groups is 1. The standard InChI is InChI=1S/C27H28FN3O3S/c1-3-35-17-19-4-6-20(7-5-19)27(18(2)30-26(33)16-32)34-24-12-13-25-21(14-24)15-29-31(25)23-10-8-22(28)9-11-23/h4-15,18,27,32H,3,16-17H2,1-2H3,(H,30,33). The Hall–Kier alpha value is -3.36. The molecule has 182 valence electrons. The zero-order valence-corrected chi connectivity index (χ0v) is 20.5. The molecular weight excluding hydrogens is 465 g/mol. The van der Waals surface area contributed by atoms with E-state index in [1.807, 2.05) is 49.0 Å². The van der Waals surface area contributed by atoms with Crippen molar-refractivity contribution < 1.29 is 19.0 Å². The minimum absolute atomic E-state index is 0.300. The van der Waals surface area contributed by atoms with Crippen molar-refractivity contribution in [1.82, 2.24) is 15.1 Å². The van der Waals surface area contributed by atoms with Gasteiger partial charge in [-0.3, -0.25) is 4.79 Å². The largest absolute Gasteiger partial charge is 0.484 e. The van der Waals surface area contributed by atoms with Gasteiger partial charge in [0.2, 0.25) is 5.91 Å². The molecule has 0 aliphatic carbocycles. The van der Waals surface area contributed by atoms with E-state index in [2.05, 4.69) is 29.5 Å². The van der Waals surface area contributed by atoms with E-state index in [-0.39, 0.29) is 11.9 Å². The number of ether oxygens (including phenoxy) is 1. The SMILES string of the molecule is CCSCc1ccc(C(Oc2ccc3c(cnn3-c3ccc(F)cc3)c2)C(C)NC(=O)CO)cc1. The fraction of sp³-hybridized carbons (Fsp3) is 0.259. The molecule has 0 fully saturated rings. The van der Waals surface area contributed by atoms with E-state index in [1.165, 1.54) is 17.7 Å². The van der Waals surface area contributed by atoms with Crippen LogP contribution in [0.1, 0.15) is 31.1 Å². The Bertz CT molecular complexity index is 1280. The van der Waals surface area contributed by atoms with Gasteiger partial charge in [0.15, 0.2) is 0 Å². The summed E-state index contributed by atoms with van der Waals surface area (Å²) in [4.78, 5) is 11.9. The molecule has 0 aliphatic heterocycles. The average Bonchev–Trinajstić information content (AvgIpc) is 3.30. The molecule has 2 unspecified atom stereocenters. The van der Waals surface area contributed by atoms with Gasteiger partial charge in [-0.15, -0.1) is 0 Å². The van der Waals surface area contributed by atoms with Crippen molar-refractivity contribution in [3.05, 3.63) is 89.9 Å². The summed E-state index contributed by atoms with van der Waals surface area (Å²) in [5.41, 5.74) is 3.76. The van der Waals surface area contributed by atoms with Crippen LogP contribution in [0, 0.1) is 5.82 Å². The molecule has 4 rings (SSSR count). The first-order chi connectivity index (χ1) is 17.0. The van der Waals surface area contributed by atoms with Crippen molar-refractivity contribution in [3.63, 3.8) is 0 Å². The number of hydrogen-bond acceptors (Lipinski definition) is 5. The fourth-order valence-corrected chi connectivity index (χ4v) is 4.51. The van der Waals surface area contributed by atoms with Gasteiger partial charge in [0.1, 0.15) is 24.3 Å². The molecule has 3 aromatic carbocycles. The summed E-state index contributed by atoms with van der Waals surface area (Å²) in [6, 6.07) is 19.6. The van der Waals surface area contributed by atoms with E-state index in [4.69, 9.17) is 4.74 Å². The van der Waals surface area contributed by atoms with Crippen LogP contribution >= 0.6 is 11.8 Å². The minimum Gasteiger partial charge on any atom is -0.484 e. The second-order valence-electron chi connectivity index (χ2n) is 8.18. The van der Waals surface area contributed by atoms with Crippen molar-refractivity contribution in [2.24, 2.45) is 0 Å². The number of nitrogens with zero attached hydrogens (tertiary/aromatic N) is 2. The van der Waals surface area contributed by atoms with Crippen molar-refractivity contribution in [2.75, 3.05) is 12.4 Å². The molecule has 1 aromatic heterocycles. The van der Waals surface area contributed by atoms with Crippen LogP contribution in [0.25, 0.3) is 16.6 Å². The Labute approximate surface area is 208 Å². The lowest BCUT2D eigenvalue weighted by Crippen LogP contribution is -2.40. The number of rotatable bonds is 10. The highest BCUT2D eigenvalue weighted by molar-refractivity contribution is 7.98. The number of amides is 1. The topological polar surface area (TPSA) is 76.4 Å². The van der Waals surface area contributed by atoms with Crippen LogP contribution in [0.4, 0.5) is 4.39 Å². The highest BCUT2D eigenvalue weighted by atomic mass is 32.2. The van der Waals surface area contributed by atoms with Gasteiger partial charge in [-0.1, -0.05) is 31.2 Å². The highest BCUT2D eigenvalue weighted by Crippen LogP contribution is 2.29. The smallest absolute Gasteiger partial charge is 0.246 e. The van der Waals surface area contributed by atoms with Gasteiger partial charge in [0, 0.05) is 11.1 Å². The van der Waals surface area contributed by atoms with Gasteiger partial charge in [-0.05, 0) is 66.3 Å². The first-order valence-electron chi connectivity index (χ1n) is 11.5. The molecular formula is C27H28FN3O3S. The second-order valence-corrected chi connectivity index (χ2v) is 9.46. The van der Waals surface area contributed by atoms with E-state index < -0.39 is 18.6 Å². The predicted octanol–water partition coefficient (Wildman–Crippen LogP) is 5.03. The third-order valence-corrected chi connectivity index (χ3v) is 6.59. The zero-order chi connectivity index (χ0) is 24.8. The number of hydrogen-bond donors (Lipinski definition) is 2. The summed E-state index contributed by atoms with van der Waals surface area (Å²) < 4.78 is 21.4. The maximum atomic E-state index is 13.3. The predicted molar refractivity (Wildman–Crippen MR) is 137 cm³/mol. The van der Waals surface area contributed by atoms with E-state index in [0.717, 1.165) is 33.7 Å². The fourth-order valence-electron chi connectivity index (χ4n) is 3.88. The van der Waals surface area contributed by atoms with Crippen LogP contribution in [0.2, 0.25) is 0 Å². The van der Waals surface area contributed by atoms with Crippen LogP contribution < -0.4 is 10.1 Å². The quantitative estimate of drug-likeness (QED) is 0.324. The lowest BCUT2D eigenvalue weighted by Gasteiger charge is -2.26. The van der Waals surface area contributed by atoms with Gasteiger partial charge < -0.3 is 15.2 Å². The normalized spacial score (nSPS) is 12.9. The number of thioether (sulfide) groups is 1. The molecule has 6 nitrogen and oxygen atoms in total. The molecule has 0 saturated heterocycles. The van der Waals surface area contributed by atoms with Crippen LogP contribution in [0.3, 0.4) is 0 Å². The Balaban J connectivity index is 1.60. The highest BCUT2D eigenvalue weighted by Gasteiger charge is 2.23. The van der Waals surface area contributed by atoms with Crippen LogP contribution in [0.5, 0.6) is 5.75 Å². The molecule has 1 heterocycles. The molecule has 0 spiro atoms. The Morgan fingerprint density at radius 3 is 2.57 bits per heavy atom. The monoisotopic (exact) mass is 493 g/mol. The summed E-state index contributed by atoms with van der Waals surface area (Å²) >= 11 is 1.86. The number of halogens is 1. The molecule has 35 heavy (non-hydrogen) atoms. The van der Waals surface area contributed by atoms with Crippen molar-refractivity contribution >= 4 is 28.6 Å². The lowest BCUT2D eigenvalue weighted by atomic mass is 10.0. The summed E-state index contributed by atoms with van der Waals surface area (Å²) in [7, 11) is 0. The van der Waals surface area contributed by atoms with Gasteiger partial charge >= 0.3 is 0 Å². The van der Waals surface area contributed by atoms with Crippen molar-refractivity contribution in [3.8, 4) is 11.4 Å². The molecule has 0 bridgehead atoms. The third kappa shape index (κ3) is 6.01. The van der Waals surface area contributed by atoms with E-state index in [9.17, 15) is 14.3 Å².